The number of nitrogens with zero attached hydrogens (tertiary/aromatic N) is 1. The number of amides is 1. The van der Waals surface area contributed by atoms with Gasteiger partial charge < -0.3 is 9.15 Å². The van der Waals surface area contributed by atoms with Gasteiger partial charge in [0.25, 0.3) is 0 Å². The molecular weight excluding hydrogens is 729 g/mol. The van der Waals surface area contributed by atoms with Crippen molar-refractivity contribution >= 4 is 56.6 Å². The number of ether oxygens (including phenoxy) is 1. The first kappa shape index (κ1) is 29.3. The predicted molar refractivity (Wildman–Crippen MR) is 209 cm³/mol. The molecule has 10 rings (SSSR count). The fourth-order valence-electron chi connectivity index (χ4n) is 8.38. The minimum Gasteiger partial charge on any atom is -0.455 e. The van der Waals surface area contributed by atoms with Crippen LogP contribution >= 0.6 is 22.9 Å². The Morgan fingerprint density at radius 3 is 2.16 bits per heavy atom. The highest BCUT2D eigenvalue weighted by atomic mass is 127. The van der Waals surface area contributed by atoms with Crippen molar-refractivity contribution in [2.75, 3.05) is 3.11 Å². The second kappa shape index (κ2) is 11.2. The molecule has 0 bridgehead atoms. The average molecular weight is 758 g/mol. The average Bonchev–Trinajstić information content (AvgIpc) is 3.81. The number of hydrogen-bond donors (Lipinski definition) is 0. The molecule has 2 aliphatic carbocycles. The first-order valence-electron chi connectivity index (χ1n) is 16.7. The summed E-state index contributed by atoms with van der Waals surface area (Å²) in [7, 11) is 0. The monoisotopic (exact) mass is 757 g/mol. The fourth-order valence-corrected chi connectivity index (χ4v) is 8.82. The molecule has 5 heteroatoms. The molecule has 50 heavy (non-hydrogen) atoms. The van der Waals surface area contributed by atoms with Crippen LogP contribution in [0.3, 0.4) is 0 Å². The lowest BCUT2D eigenvalue weighted by Crippen LogP contribution is -2.26. The third-order valence-electron chi connectivity index (χ3n) is 10.4. The van der Waals surface area contributed by atoms with E-state index in [0.29, 0.717) is 0 Å². The maximum atomic E-state index is 13.2. The minimum atomic E-state index is -0.573. The van der Waals surface area contributed by atoms with E-state index in [-0.39, 0.29) is 6.61 Å². The van der Waals surface area contributed by atoms with Crippen LogP contribution in [0.4, 0.5) is 10.5 Å². The summed E-state index contributed by atoms with van der Waals surface area (Å²) >= 11 is 2.04. The Labute approximate surface area is 303 Å². The number of carbonyl (C=O) groups is 1. The Bertz CT molecular complexity index is 2660. The van der Waals surface area contributed by atoms with Crippen molar-refractivity contribution in [3.05, 3.63) is 186 Å². The van der Waals surface area contributed by atoms with Gasteiger partial charge in [-0.2, -0.15) is 0 Å². The van der Waals surface area contributed by atoms with Gasteiger partial charge in [0, 0.05) is 16.3 Å². The molecule has 8 aromatic rings. The molecule has 4 nitrogen and oxygen atoms in total. The van der Waals surface area contributed by atoms with Crippen LogP contribution in [0, 0.1) is 0 Å². The maximum Gasteiger partial charge on any atom is 0.423 e. The quantitative estimate of drug-likeness (QED) is 0.133. The predicted octanol–water partition coefficient (Wildman–Crippen LogP) is 12.1. The van der Waals surface area contributed by atoms with E-state index in [0.717, 1.165) is 49.9 Å². The third-order valence-corrected chi connectivity index (χ3v) is 11.3. The van der Waals surface area contributed by atoms with Crippen molar-refractivity contribution in [3.63, 3.8) is 0 Å². The van der Waals surface area contributed by atoms with E-state index in [1.807, 2.05) is 71.4 Å². The van der Waals surface area contributed by atoms with Gasteiger partial charge in [0.1, 0.15) is 17.8 Å². The summed E-state index contributed by atoms with van der Waals surface area (Å²) in [4.78, 5) is 13.2. The molecule has 1 unspecified atom stereocenters. The van der Waals surface area contributed by atoms with Crippen molar-refractivity contribution in [1.82, 2.24) is 0 Å². The first-order chi connectivity index (χ1) is 24.6. The zero-order chi connectivity index (χ0) is 33.4. The highest BCUT2D eigenvalue weighted by Crippen LogP contribution is 2.65. The molecule has 0 fully saturated rings. The number of carbonyl (C=O) groups excluding carboxylic acids is 1. The molecule has 1 aromatic heterocycles. The van der Waals surface area contributed by atoms with Crippen molar-refractivity contribution in [1.29, 1.82) is 0 Å². The molecule has 7 aromatic carbocycles. The summed E-state index contributed by atoms with van der Waals surface area (Å²) in [5.41, 5.74) is 14.9. The van der Waals surface area contributed by atoms with Crippen LogP contribution in [-0.4, -0.2) is 6.09 Å². The summed E-state index contributed by atoms with van der Waals surface area (Å²) in [6.45, 7) is 0.211. The largest absolute Gasteiger partial charge is 0.455 e. The zero-order valence-electron chi connectivity index (χ0n) is 26.8. The van der Waals surface area contributed by atoms with Gasteiger partial charge in [-0.1, -0.05) is 140 Å². The number of fused-ring (bicyclic) bond motifs is 14. The van der Waals surface area contributed by atoms with Crippen LogP contribution in [0.25, 0.3) is 55.3 Å². The minimum absolute atomic E-state index is 0.211. The molecule has 1 amide bonds. The number of halogens is 1. The van der Waals surface area contributed by atoms with Gasteiger partial charge in [-0.3, -0.25) is 0 Å². The lowest BCUT2D eigenvalue weighted by molar-refractivity contribution is 0.152. The second-order valence-electron chi connectivity index (χ2n) is 12.9. The number of benzene rings is 7. The third kappa shape index (κ3) is 4.07. The summed E-state index contributed by atoms with van der Waals surface area (Å²) in [6.07, 6.45) is -0.415. The molecule has 238 valence electrons. The van der Waals surface area contributed by atoms with Crippen LogP contribution < -0.4 is 3.11 Å². The molecule has 0 aliphatic heterocycles. The van der Waals surface area contributed by atoms with Crippen LogP contribution in [-0.2, 0) is 16.8 Å². The van der Waals surface area contributed by atoms with Crippen LogP contribution in [0.2, 0.25) is 0 Å². The van der Waals surface area contributed by atoms with E-state index in [9.17, 15) is 4.79 Å². The molecule has 0 N–H and O–H groups in total. The Kier molecular flexibility index (Phi) is 6.55. The summed E-state index contributed by atoms with van der Waals surface area (Å²) in [5, 5.41) is 2.25. The Morgan fingerprint density at radius 2 is 1.30 bits per heavy atom. The van der Waals surface area contributed by atoms with Gasteiger partial charge >= 0.3 is 6.09 Å². The molecule has 1 spiro atoms. The summed E-state index contributed by atoms with van der Waals surface area (Å²) in [5.74, 6) is 0. The number of hydrogen-bond acceptors (Lipinski definition) is 3. The Balaban J connectivity index is 1.18. The molecule has 0 saturated heterocycles. The molecule has 1 heterocycles. The molecule has 0 radical (unpaired) electrons. The molecular formula is C45H28INO3. The second-order valence-corrected chi connectivity index (χ2v) is 13.9. The first-order valence-corrected chi connectivity index (χ1v) is 17.7. The topological polar surface area (TPSA) is 42.7 Å². The highest BCUT2D eigenvalue weighted by Gasteiger charge is 2.53. The summed E-state index contributed by atoms with van der Waals surface area (Å²) < 4.78 is 13.9. The van der Waals surface area contributed by atoms with Gasteiger partial charge in [-0.15, -0.1) is 0 Å². The number of furan rings is 1. The lowest BCUT2D eigenvalue weighted by atomic mass is 9.68. The smallest absolute Gasteiger partial charge is 0.423 e. The number of rotatable bonds is 4. The van der Waals surface area contributed by atoms with Crippen LogP contribution in [0.5, 0.6) is 0 Å². The van der Waals surface area contributed by atoms with Gasteiger partial charge in [-0.25, -0.2) is 7.91 Å². The van der Waals surface area contributed by atoms with Crippen LogP contribution in [0.15, 0.2) is 162 Å². The standard InChI is InChI=1S/C45H28INO3/c46-47(44(48)49-27-28-12-2-1-3-13-28)30-15-10-14-29(26-30)31-19-11-20-34-32-16-4-7-21-37(32)45(42(31)34)38-22-8-5-18-36(38)41-39(45)25-24-35-33-17-6-9-23-40(33)50-43(35)41/h1-26H,27H2. The fraction of sp³-hybridized carbons (Fsp3) is 0.0444. The number of para-hydroxylation sites is 1. The SMILES string of the molecule is O=C(OCc1ccccc1)N(I)c1cccc(-c2cccc3c2C2(c4ccccc4-3)c3ccccc3-c3c2ccc2c3oc3ccccc32)c1. The van der Waals surface area contributed by atoms with Gasteiger partial charge in [0.2, 0.25) is 0 Å². The Hall–Kier alpha value is -5.66. The molecule has 2 aliphatic rings. The van der Waals surface area contributed by atoms with E-state index >= 15 is 0 Å². The van der Waals surface area contributed by atoms with Gasteiger partial charge in [-0.05, 0) is 73.8 Å². The van der Waals surface area contributed by atoms with E-state index < -0.39 is 11.5 Å². The van der Waals surface area contributed by atoms with Gasteiger partial charge in [0.15, 0.2) is 0 Å². The van der Waals surface area contributed by atoms with Crippen molar-refractivity contribution < 1.29 is 13.9 Å². The van der Waals surface area contributed by atoms with Crippen molar-refractivity contribution in [3.8, 4) is 33.4 Å². The van der Waals surface area contributed by atoms with E-state index in [1.165, 1.54) is 38.9 Å². The van der Waals surface area contributed by atoms with E-state index in [1.54, 1.807) is 3.11 Å². The Morgan fingerprint density at radius 1 is 0.620 bits per heavy atom. The zero-order valence-corrected chi connectivity index (χ0v) is 28.9. The van der Waals surface area contributed by atoms with Gasteiger partial charge in [0.05, 0.1) is 34.0 Å². The lowest BCUT2D eigenvalue weighted by Gasteiger charge is -2.32. The van der Waals surface area contributed by atoms with Crippen molar-refractivity contribution in [2.45, 2.75) is 12.0 Å². The maximum absolute atomic E-state index is 13.2. The van der Waals surface area contributed by atoms with Crippen LogP contribution in [0.1, 0.15) is 27.8 Å². The van der Waals surface area contributed by atoms with Crippen molar-refractivity contribution in [2.24, 2.45) is 0 Å². The molecule has 0 saturated carbocycles. The van der Waals surface area contributed by atoms with E-state index in [2.05, 4.69) is 109 Å². The van der Waals surface area contributed by atoms with E-state index in [4.69, 9.17) is 9.15 Å². The molecule has 1 atom stereocenters. The summed E-state index contributed by atoms with van der Waals surface area (Å²) in [6, 6.07) is 55.1. The highest BCUT2D eigenvalue weighted by molar-refractivity contribution is 14.1. The number of anilines is 1. The normalized spacial score (nSPS) is 15.1.